The molecule has 5 heteroatoms. The van der Waals surface area contributed by atoms with Crippen LogP contribution in [0.5, 0.6) is 0 Å². The van der Waals surface area contributed by atoms with Crippen LogP contribution in [-0.4, -0.2) is 17.7 Å². The van der Waals surface area contributed by atoms with Crippen LogP contribution in [-0.2, 0) is 4.79 Å². The van der Waals surface area contributed by atoms with Gasteiger partial charge < -0.3 is 5.32 Å². The molecule has 0 radical (unpaired) electrons. The van der Waals surface area contributed by atoms with Gasteiger partial charge in [0.05, 0.1) is 5.71 Å². The Hall–Kier alpha value is -2.14. The van der Waals surface area contributed by atoms with E-state index in [4.69, 9.17) is 0 Å². The van der Waals surface area contributed by atoms with Gasteiger partial charge in [-0.05, 0) is 37.6 Å². The molecule has 0 saturated heterocycles. The number of hydrogen-bond donors (Lipinski definition) is 2. The van der Waals surface area contributed by atoms with Crippen molar-refractivity contribution in [1.82, 2.24) is 5.43 Å². The Morgan fingerprint density at radius 2 is 1.86 bits per heavy atom. The smallest absolute Gasteiger partial charge is 0.262 e. The van der Waals surface area contributed by atoms with Crippen LogP contribution in [0.15, 0.2) is 64.2 Å². The Balaban J connectivity index is 1.94. The number of rotatable bonds is 5. The highest BCUT2D eigenvalue weighted by molar-refractivity contribution is 9.10. The van der Waals surface area contributed by atoms with E-state index in [-0.39, 0.29) is 11.9 Å². The molecule has 1 unspecified atom stereocenters. The largest absolute Gasteiger partial charge is 0.374 e. The van der Waals surface area contributed by atoms with Crippen molar-refractivity contribution in [2.75, 3.05) is 5.32 Å². The highest BCUT2D eigenvalue weighted by Crippen LogP contribution is 2.16. The van der Waals surface area contributed by atoms with Crippen molar-refractivity contribution >= 4 is 33.2 Å². The maximum absolute atomic E-state index is 12.1. The number of nitrogens with zero attached hydrogens (tertiary/aromatic N) is 1. The zero-order valence-corrected chi connectivity index (χ0v) is 14.1. The van der Waals surface area contributed by atoms with Crippen molar-refractivity contribution in [2.24, 2.45) is 5.10 Å². The van der Waals surface area contributed by atoms with Crippen LogP contribution in [0.1, 0.15) is 19.4 Å². The SMILES string of the molecule is CC(=NNC(=O)C(C)Nc1cccc(Br)c1)c1ccccc1. The minimum Gasteiger partial charge on any atom is -0.374 e. The average Bonchev–Trinajstić information content (AvgIpc) is 2.53. The molecule has 2 aromatic carbocycles. The van der Waals surface area contributed by atoms with E-state index in [0.717, 1.165) is 21.4 Å². The molecule has 22 heavy (non-hydrogen) atoms. The minimum absolute atomic E-state index is 0.185. The van der Waals surface area contributed by atoms with E-state index in [0.29, 0.717) is 0 Å². The van der Waals surface area contributed by atoms with Gasteiger partial charge in [-0.2, -0.15) is 5.10 Å². The lowest BCUT2D eigenvalue weighted by Gasteiger charge is -2.14. The number of halogens is 1. The van der Waals surface area contributed by atoms with Gasteiger partial charge in [0.15, 0.2) is 0 Å². The minimum atomic E-state index is -0.387. The van der Waals surface area contributed by atoms with Crippen molar-refractivity contribution < 1.29 is 4.79 Å². The molecule has 0 fully saturated rings. The molecule has 0 aliphatic rings. The van der Waals surface area contributed by atoms with E-state index in [2.05, 4.69) is 31.8 Å². The van der Waals surface area contributed by atoms with Gasteiger partial charge >= 0.3 is 0 Å². The van der Waals surface area contributed by atoms with Gasteiger partial charge in [0.25, 0.3) is 5.91 Å². The second-order valence-electron chi connectivity index (χ2n) is 4.92. The fraction of sp³-hybridized carbons (Fsp3) is 0.176. The quantitative estimate of drug-likeness (QED) is 0.630. The van der Waals surface area contributed by atoms with Gasteiger partial charge in [0.2, 0.25) is 0 Å². The maximum Gasteiger partial charge on any atom is 0.262 e. The molecule has 0 spiro atoms. The molecule has 4 nitrogen and oxygen atoms in total. The molecular formula is C17H18BrN3O. The first kappa shape index (κ1) is 16.2. The van der Waals surface area contributed by atoms with E-state index in [1.54, 1.807) is 6.92 Å². The zero-order valence-electron chi connectivity index (χ0n) is 12.5. The third-order valence-electron chi connectivity index (χ3n) is 3.13. The second-order valence-corrected chi connectivity index (χ2v) is 5.83. The summed E-state index contributed by atoms with van der Waals surface area (Å²) in [5.41, 5.74) is 5.22. The summed E-state index contributed by atoms with van der Waals surface area (Å²) in [6.07, 6.45) is 0. The van der Waals surface area contributed by atoms with Crippen LogP contribution in [0.2, 0.25) is 0 Å². The number of anilines is 1. The molecule has 1 amide bonds. The van der Waals surface area contributed by atoms with Crippen molar-refractivity contribution in [3.63, 3.8) is 0 Å². The first-order valence-corrected chi connectivity index (χ1v) is 7.77. The van der Waals surface area contributed by atoms with Crippen LogP contribution in [0, 0.1) is 0 Å². The molecule has 0 bridgehead atoms. The number of nitrogens with one attached hydrogen (secondary N) is 2. The summed E-state index contributed by atoms with van der Waals surface area (Å²) >= 11 is 3.40. The number of benzene rings is 2. The van der Waals surface area contributed by atoms with Crippen LogP contribution < -0.4 is 10.7 Å². The van der Waals surface area contributed by atoms with Crippen molar-refractivity contribution in [3.05, 3.63) is 64.6 Å². The number of hydrogen-bond acceptors (Lipinski definition) is 3. The highest BCUT2D eigenvalue weighted by atomic mass is 79.9. The second kappa shape index (κ2) is 7.75. The average molecular weight is 360 g/mol. The van der Waals surface area contributed by atoms with Crippen molar-refractivity contribution in [1.29, 1.82) is 0 Å². The topological polar surface area (TPSA) is 53.5 Å². The van der Waals surface area contributed by atoms with Crippen LogP contribution in [0.25, 0.3) is 0 Å². The Morgan fingerprint density at radius 1 is 1.14 bits per heavy atom. The van der Waals surface area contributed by atoms with E-state index >= 15 is 0 Å². The van der Waals surface area contributed by atoms with Gasteiger partial charge in [-0.25, -0.2) is 5.43 Å². The summed E-state index contributed by atoms with van der Waals surface area (Å²) in [4.78, 5) is 12.1. The lowest BCUT2D eigenvalue weighted by atomic mass is 10.1. The third-order valence-corrected chi connectivity index (χ3v) is 3.62. The third kappa shape index (κ3) is 4.70. The predicted octanol–water partition coefficient (Wildman–Crippen LogP) is 3.79. The van der Waals surface area contributed by atoms with Gasteiger partial charge in [0.1, 0.15) is 6.04 Å². The summed E-state index contributed by atoms with van der Waals surface area (Å²) in [7, 11) is 0. The van der Waals surface area contributed by atoms with Gasteiger partial charge in [0, 0.05) is 10.2 Å². The fourth-order valence-electron chi connectivity index (χ4n) is 1.87. The summed E-state index contributed by atoms with van der Waals surface area (Å²) in [5, 5.41) is 7.28. The Bertz CT molecular complexity index is 671. The monoisotopic (exact) mass is 359 g/mol. The molecule has 1 atom stereocenters. The Labute approximate surface area is 138 Å². The Kier molecular flexibility index (Phi) is 5.72. The first-order chi connectivity index (χ1) is 10.6. The predicted molar refractivity (Wildman–Crippen MR) is 94.0 cm³/mol. The van der Waals surface area contributed by atoms with E-state index in [9.17, 15) is 4.79 Å². The molecule has 0 heterocycles. The molecule has 0 aromatic heterocycles. The lowest BCUT2D eigenvalue weighted by molar-refractivity contribution is -0.121. The van der Waals surface area contributed by atoms with E-state index < -0.39 is 0 Å². The molecule has 2 rings (SSSR count). The molecule has 2 aromatic rings. The molecule has 0 aliphatic heterocycles. The van der Waals surface area contributed by atoms with Gasteiger partial charge in [-0.3, -0.25) is 4.79 Å². The normalized spacial score (nSPS) is 12.6. The lowest BCUT2D eigenvalue weighted by Crippen LogP contribution is -2.35. The Morgan fingerprint density at radius 3 is 2.55 bits per heavy atom. The summed E-state index contributed by atoms with van der Waals surface area (Å²) in [6, 6.07) is 17.0. The molecule has 0 saturated carbocycles. The van der Waals surface area contributed by atoms with Crippen molar-refractivity contribution in [2.45, 2.75) is 19.9 Å². The zero-order chi connectivity index (χ0) is 15.9. The van der Waals surface area contributed by atoms with E-state index in [1.165, 1.54) is 0 Å². The molecule has 0 aliphatic carbocycles. The van der Waals surface area contributed by atoms with Crippen LogP contribution in [0.3, 0.4) is 0 Å². The molecule has 114 valence electrons. The molecular weight excluding hydrogens is 342 g/mol. The van der Waals surface area contributed by atoms with Gasteiger partial charge in [-0.1, -0.05) is 52.3 Å². The summed E-state index contributed by atoms with van der Waals surface area (Å²) < 4.78 is 0.961. The number of carbonyl (C=O) groups excluding carboxylic acids is 1. The highest BCUT2D eigenvalue weighted by Gasteiger charge is 2.12. The standard InChI is InChI=1S/C17H18BrN3O/c1-12(14-7-4-3-5-8-14)20-21-17(22)13(2)19-16-10-6-9-15(18)11-16/h3-11,13,19H,1-2H3,(H,21,22). The first-order valence-electron chi connectivity index (χ1n) is 6.98. The number of amides is 1. The van der Waals surface area contributed by atoms with Crippen LogP contribution in [0.4, 0.5) is 5.69 Å². The van der Waals surface area contributed by atoms with Gasteiger partial charge in [-0.15, -0.1) is 0 Å². The fourth-order valence-corrected chi connectivity index (χ4v) is 2.27. The summed E-state index contributed by atoms with van der Waals surface area (Å²) in [5.74, 6) is -0.185. The number of hydrazone groups is 1. The summed E-state index contributed by atoms with van der Waals surface area (Å²) in [6.45, 7) is 3.66. The van der Waals surface area contributed by atoms with E-state index in [1.807, 2.05) is 61.5 Å². The maximum atomic E-state index is 12.1. The van der Waals surface area contributed by atoms with Crippen molar-refractivity contribution in [3.8, 4) is 0 Å². The van der Waals surface area contributed by atoms with Crippen LogP contribution >= 0.6 is 15.9 Å². The molecule has 2 N–H and O–H groups in total. The number of carbonyl (C=O) groups is 1.